The lowest BCUT2D eigenvalue weighted by atomic mass is 9.99. The predicted molar refractivity (Wildman–Crippen MR) is 136 cm³/mol. The molecule has 0 spiro atoms. The lowest BCUT2D eigenvalue weighted by Crippen LogP contribution is -2.28. The molecule has 2 heterocycles. The predicted octanol–water partition coefficient (Wildman–Crippen LogP) is 3.69. The standard InChI is InChI=1S/C13H14F2N2S.C13H14N2O/c1-7-2-3-10(15)8(4-7)11-9-5-13(9,6-14)18-12(16)17-11;1-5-7-16-12-8-10(3)13(15-9-12)11(4)14-6-2/h2-4,9,11H,5-6H2,1H3,(H2,16,17);1,6,8-9H,3,7H2,2,4H3/b;13-11+,14-6?/t9?,11?,13-;/m1./s1. The molecule has 0 amide bonds. The molecule has 2 unspecified atom stereocenters. The van der Waals surface area contributed by atoms with Gasteiger partial charge in [0.25, 0.3) is 0 Å². The number of hydrogen-bond acceptors (Lipinski definition) is 6. The lowest BCUT2D eigenvalue weighted by Gasteiger charge is -2.24. The van der Waals surface area contributed by atoms with Crippen LogP contribution < -0.4 is 21.0 Å². The van der Waals surface area contributed by atoms with Crippen molar-refractivity contribution in [3.8, 4) is 18.1 Å². The number of hydrogen-bond donors (Lipinski definition) is 1. The smallest absolute Gasteiger partial charge is 0.155 e. The molecule has 1 aliphatic carbocycles. The Hall–Kier alpha value is -3.18. The van der Waals surface area contributed by atoms with Crippen molar-refractivity contribution in [1.82, 2.24) is 4.98 Å². The molecular formula is C26H28F2N4OS. The summed E-state index contributed by atoms with van der Waals surface area (Å²) in [7, 11) is 0. The zero-order chi connectivity index (χ0) is 24.9. The maximum atomic E-state index is 13.9. The number of aliphatic imine (C=N–C) groups is 2. The zero-order valence-corrected chi connectivity index (χ0v) is 20.3. The van der Waals surface area contributed by atoms with E-state index in [4.69, 9.17) is 16.9 Å². The van der Waals surface area contributed by atoms with Crippen LogP contribution in [0.4, 0.5) is 8.78 Å². The molecule has 1 aromatic carbocycles. The van der Waals surface area contributed by atoms with Crippen LogP contribution in [0.25, 0.3) is 12.3 Å². The Morgan fingerprint density at radius 1 is 1.47 bits per heavy atom. The molecule has 2 aromatic rings. The van der Waals surface area contributed by atoms with Crippen LogP contribution in [0, 0.1) is 31.0 Å². The Morgan fingerprint density at radius 3 is 2.88 bits per heavy atom. The minimum absolute atomic E-state index is 0.0658. The number of rotatable bonds is 5. The molecule has 2 N–H and O–H groups in total. The van der Waals surface area contributed by atoms with E-state index in [1.165, 1.54) is 17.8 Å². The second-order valence-corrected chi connectivity index (χ2v) is 9.63. The van der Waals surface area contributed by atoms with Crippen molar-refractivity contribution >= 4 is 35.4 Å². The summed E-state index contributed by atoms with van der Waals surface area (Å²) >= 11 is 1.30. The molecule has 1 aromatic heterocycles. The summed E-state index contributed by atoms with van der Waals surface area (Å²) in [5.74, 6) is 2.80. The number of fused-ring (bicyclic) bond motifs is 1. The summed E-state index contributed by atoms with van der Waals surface area (Å²) in [6.07, 6.45) is 9.16. The maximum absolute atomic E-state index is 13.9. The molecule has 1 fully saturated rings. The first-order valence-electron chi connectivity index (χ1n) is 10.8. The number of aryl methyl sites for hydroxylation is 1. The average molecular weight is 483 g/mol. The highest BCUT2D eigenvalue weighted by Crippen LogP contribution is 2.63. The van der Waals surface area contributed by atoms with Crippen molar-refractivity contribution < 1.29 is 13.5 Å². The van der Waals surface area contributed by atoms with Gasteiger partial charge in [-0.1, -0.05) is 42.0 Å². The van der Waals surface area contributed by atoms with E-state index in [1.807, 2.05) is 20.8 Å². The van der Waals surface area contributed by atoms with Gasteiger partial charge in [-0.3, -0.25) is 15.0 Å². The number of terminal acetylenes is 1. The fourth-order valence-corrected chi connectivity index (χ4v) is 5.10. The summed E-state index contributed by atoms with van der Waals surface area (Å²) in [6, 6.07) is 6.42. The topological polar surface area (TPSA) is 72.9 Å². The van der Waals surface area contributed by atoms with Crippen molar-refractivity contribution in [2.75, 3.05) is 13.3 Å². The van der Waals surface area contributed by atoms with E-state index < -0.39 is 11.4 Å². The zero-order valence-electron chi connectivity index (χ0n) is 19.5. The summed E-state index contributed by atoms with van der Waals surface area (Å²) in [4.78, 5) is 12.7. The third-order valence-electron chi connectivity index (χ3n) is 5.66. The minimum Gasteiger partial charge on any atom is -0.479 e. The fraction of sp³-hybridized carbons (Fsp3) is 0.346. The van der Waals surface area contributed by atoms with Gasteiger partial charge >= 0.3 is 0 Å². The molecule has 1 saturated carbocycles. The van der Waals surface area contributed by atoms with E-state index in [-0.39, 0.29) is 24.4 Å². The Labute approximate surface area is 202 Å². The molecule has 178 valence electrons. The maximum Gasteiger partial charge on any atom is 0.155 e. The molecular weight excluding hydrogens is 454 g/mol. The van der Waals surface area contributed by atoms with E-state index in [0.29, 0.717) is 16.5 Å². The number of amidine groups is 1. The van der Waals surface area contributed by atoms with Crippen LogP contribution in [0.3, 0.4) is 0 Å². The van der Waals surface area contributed by atoms with Gasteiger partial charge in [0.15, 0.2) is 5.17 Å². The minimum atomic E-state index is -0.452. The normalized spacial score (nSPS) is 23.7. The number of nitrogens with zero attached hydrogens (tertiary/aromatic N) is 3. The lowest BCUT2D eigenvalue weighted by molar-refractivity contribution is 0.368. The average Bonchev–Trinajstić information content (AvgIpc) is 3.54. The largest absolute Gasteiger partial charge is 0.479 e. The first-order valence-corrected chi connectivity index (χ1v) is 11.6. The number of ether oxygens (including phenoxy) is 1. The first-order chi connectivity index (χ1) is 16.2. The van der Waals surface area contributed by atoms with Crippen molar-refractivity contribution in [3.05, 3.63) is 58.0 Å². The van der Waals surface area contributed by atoms with Crippen LogP contribution in [-0.4, -0.2) is 34.4 Å². The van der Waals surface area contributed by atoms with Gasteiger partial charge in [0, 0.05) is 17.7 Å². The second kappa shape index (κ2) is 10.8. The number of pyridine rings is 1. The number of aromatic nitrogens is 1. The molecule has 8 heteroatoms. The molecule has 0 saturated heterocycles. The Morgan fingerprint density at radius 2 is 2.24 bits per heavy atom. The number of benzene rings is 1. The third kappa shape index (κ3) is 5.65. The number of nitrogens with two attached hydrogens (primary N) is 1. The van der Waals surface area contributed by atoms with Gasteiger partial charge < -0.3 is 10.5 Å². The van der Waals surface area contributed by atoms with Crippen LogP contribution in [0.2, 0.25) is 0 Å². The highest BCUT2D eigenvalue weighted by molar-refractivity contribution is 8.15. The van der Waals surface area contributed by atoms with Crippen LogP contribution >= 0.6 is 11.8 Å². The Bertz CT molecular complexity index is 1270. The second-order valence-electron chi connectivity index (χ2n) is 8.19. The summed E-state index contributed by atoms with van der Waals surface area (Å²) in [5.41, 5.74) is 8.10. The van der Waals surface area contributed by atoms with Gasteiger partial charge in [-0.25, -0.2) is 8.78 Å². The van der Waals surface area contributed by atoms with Gasteiger partial charge in [0.2, 0.25) is 0 Å². The van der Waals surface area contributed by atoms with Crippen molar-refractivity contribution in [3.63, 3.8) is 0 Å². The molecule has 0 bridgehead atoms. The molecule has 0 radical (unpaired) electrons. The summed E-state index contributed by atoms with van der Waals surface area (Å²) in [6.45, 7) is 9.36. The van der Waals surface area contributed by atoms with Gasteiger partial charge in [-0.2, -0.15) is 0 Å². The highest BCUT2D eigenvalue weighted by atomic mass is 32.2. The van der Waals surface area contributed by atoms with E-state index in [0.717, 1.165) is 28.2 Å². The van der Waals surface area contributed by atoms with Crippen molar-refractivity contribution in [2.24, 2.45) is 21.6 Å². The van der Waals surface area contributed by atoms with Crippen LogP contribution in [0.1, 0.15) is 37.4 Å². The van der Waals surface area contributed by atoms with Gasteiger partial charge in [0.05, 0.1) is 28.0 Å². The SMILES string of the molecule is C#CCOc1cn/c(=C(\C)N=CC)c(=C)c1.Cc1ccc(F)c(C2N=C(N)S[C@@]3(CF)CC23)c1. The van der Waals surface area contributed by atoms with Gasteiger partial charge in [0.1, 0.15) is 24.8 Å². The van der Waals surface area contributed by atoms with Gasteiger partial charge in [-0.05, 0) is 44.5 Å². The van der Waals surface area contributed by atoms with Crippen LogP contribution in [0.15, 0.2) is 40.4 Å². The van der Waals surface area contributed by atoms with Crippen LogP contribution in [0.5, 0.6) is 5.75 Å². The van der Waals surface area contributed by atoms with E-state index in [2.05, 4.69) is 27.5 Å². The highest BCUT2D eigenvalue weighted by Gasteiger charge is 2.62. The Kier molecular flexibility index (Phi) is 8.11. The third-order valence-corrected chi connectivity index (χ3v) is 6.96. The van der Waals surface area contributed by atoms with Gasteiger partial charge in [-0.15, -0.1) is 6.42 Å². The molecule has 4 rings (SSSR count). The van der Waals surface area contributed by atoms with Crippen LogP contribution in [-0.2, 0) is 0 Å². The van der Waals surface area contributed by atoms with E-state index >= 15 is 0 Å². The molecule has 34 heavy (non-hydrogen) atoms. The molecule has 3 atom stereocenters. The summed E-state index contributed by atoms with van der Waals surface area (Å²) in [5, 5.41) is 1.91. The molecule has 1 aliphatic heterocycles. The van der Waals surface area contributed by atoms with E-state index in [1.54, 1.807) is 30.6 Å². The first kappa shape index (κ1) is 25.4. The fourth-order valence-electron chi connectivity index (χ4n) is 3.92. The van der Waals surface area contributed by atoms with Crippen molar-refractivity contribution in [1.29, 1.82) is 0 Å². The monoisotopic (exact) mass is 482 g/mol. The number of halogens is 2. The Balaban J connectivity index is 0.000000192. The molecule has 5 nitrogen and oxygen atoms in total. The number of thioether (sulfide) groups is 1. The van der Waals surface area contributed by atoms with E-state index in [9.17, 15) is 8.78 Å². The van der Waals surface area contributed by atoms with Crippen molar-refractivity contribution in [2.45, 2.75) is 38.0 Å². The summed E-state index contributed by atoms with van der Waals surface area (Å²) < 4.78 is 31.8. The quantitative estimate of drug-likeness (QED) is 0.521. The number of alkyl halides is 1. The molecule has 2 aliphatic rings.